The third kappa shape index (κ3) is 2.16. The van der Waals surface area contributed by atoms with E-state index >= 15 is 0 Å². The van der Waals surface area contributed by atoms with Crippen LogP contribution >= 0.6 is 0 Å². The summed E-state index contributed by atoms with van der Waals surface area (Å²) >= 11 is 0. The number of hydrogen-bond donors (Lipinski definition) is 0. The molecule has 170 valence electrons. The Labute approximate surface area is 194 Å². The van der Waals surface area contributed by atoms with E-state index in [4.69, 9.17) is 14.5 Å². The number of rotatable bonds is 0. The van der Waals surface area contributed by atoms with Crippen molar-refractivity contribution in [2.45, 2.75) is 78.1 Å². The molecule has 0 atom stereocenters. The molecule has 0 bridgehead atoms. The van der Waals surface area contributed by atoms with Crippen LogP contribution in [0, 0.1) is 5.41 Å². The minimum Gasteiger partial charge on any atom is -0.454 e. The SMILES string of the molecule is CC1(C)c2cc3nc4c5cc6c(cc5c5c(n4c3cc2C(C)(C)C1(C)C)CCCC5)OCO6. The molecule has 4 nitrogen and oxygen atoms in total. The van der Waals surface area contributed by atoms with Gasteiger partial charge in [0.1, 0.15) is 5.65 Å². The zero-order valence-corrected chi connectivity index (χ0v) is 20.6. The Morgan fingerprint density at radius 1 is 0.788 bits per heavy atom. The van der Waals surface area contributed by atoms with Crippen LogP contribution in [0.2, 0.25) is 0 Å². The lowest BCUT2D eigenvalue weighted by molar-refractivity contribution is 0.125. The fraction of sp³-hybridized carbons (Fsp3) is 0.483. The summed E-state index contributed by atoms with van der Waals surface area (Å²) in [4.78, 5) is 5.28. The summed E-state index contributed by atoms with van der Waals surface area (Å²) in [5.74, 6) is 1.69. The molecular weight excluding hydrogens is 408 g/mol. The Morgan fingerprint density at radius 3 is 2.15 bits per heavy atom. The lowest BCUT2D eigenvalue weighted by Crippen LogP contribution is -2.42. The molecule has 0 saturated heterocycles. The third-order valence-corrected chi connectivity index (χ3v) is 10.1. The maximum Gasteiger partial charge on any atom is 0.231 e. The van der Waals surface area contributed by atoms with Crippen molar-refractivity contribution < 1.29 is 9.47 Å². The second kappa shape index (κ2) is 5.84. The van der Waals surface area contributed by atoms with Crippen LogP contribution in [0.5, 0.6) is 11.5 Å². The molecule has 2 aliphatic carbocycles. The van der Waals surface area contributed by atoms with Crippen molar-refractivity contribution in [3.63, 3.8) is 0 Å². The van der Waals surface area contributed by atoms with Gasteiger partial charge < -0.3 is 9.47 Å². The number of imidazole rings is 1. The Morgan fingerprint density at radius 2 is 1.42 bits per heavy atom. The normalized spacial score (nSPS) is 21.6. The van der Waals surface area contributed by atoms with E-state index in [1.807, 2.05) is 0 Å². The summed E-state index contributed by atoms with van der Waals surface area (Å²) in [6.45, 7) is 14.8. The molecular formula is C29H32N2O2. The Balaban J connectivity index is 1.64. The minimum atomic E-state index is 0.0727. The molecule has 2 aromatic carbocycles. The van der Waals surface area contributed by atoms with Crippen LogP contribution in [0.1, 0.15) is 76.8 Å². The average molecular weight is 441 g/mol. The molecule has 3 aliphatic rings. The third-order valence-electron chi connectivity index (χ3n) is 10.1. The predicted molar refractivity (Wildman–Crippen MR) is 133 cm³/mol. The highest BCUT2D eigenvalue weighted by atomic mass is 16.7. The summed E-state index contributed by atoms with van der Waals surface area (Å²) in [5.41, 5.74) is 9.52. The largest absolute Gasteiger partial charge is 0.454 e. The van der Waals surface area contributed by atoms with Gasteiger partial charge in [-0.3, -0.25) is 4.40 Å². The highest BCUT2D eigenvalue weighted by Gasteiger charge is 2.57. The van der Waals surface area contributed by atoms with E-state index in [0.29, 0.717) is 6.79 Å². The molecule has 33 heavy (non-hydrogen) atoms. The average Bonchev–Trinajstić information content (AvgIpc) is 3.42. The number of aromatic nitrogens is 2. The summed E-state index contributed by atoms with van der Waals surface area (Å²) in [5, 5.41) is 2.46. The van der Waals surface area contributed by atoms with Crippen molar-refractivity contribution in [1.29, 1.82) is 0 Å². The molecule has 3 heterocycles. The predicted octanol–water partition coefficient (Wildman–Crippen LogP) is 6.84. The second-order valence-electron chi connectivity index (χ2n) is 11.9. The maximum absolute atomic E-state index is 5.76. The Kier molecular flexibility index (Phi) is 3.48. The van der Waals surface area contributed by atoms with Crippen molar-refractivity contribution in [3.8, 4) is 11.5 Å². The van der Waals surface area contributed by atoms with Crippen LogP contribution in [-0.4, -0.2) is 16.2 Å². The summed E-state index contributed by atoms with van der Waals surface area (Å²) in [6, 6.07) is 9.20. The van der Waals surface area contributed by atoms with E-state index in [1.165, 1.54) is 51.5 Å². The number of pyridine rings is 1. The first-order valence-electron chi connectivity index (χ1n) is 12.4. The highest BCUT2D eigenvalue weighted by Crippen LogP contribution is 2.62. The number of fused-ring (bicyclic) bond motifs is 10. The van der Waals surface area contributed by atoms with Crippen molar-refractivity contribution in [1.82, 2.24) is 9.38 Å². The first-order chi connectivity index (χ1) is 15.6. The van der Waals surface area contributed by atoms with Gasteiger partial charge in [-0.2, -0.15) is 0 Å². The monoisotopic (exact) mass is 440 g/mol. The highest BCUT2D eigenvalue weighted by molar-refractivity contribution is 6.02. The molecule has 0 radical (unpaired) electrons. The number of aryl methyl sites for hydroxylation is 2. The zero-order valence-electron chi connectivity index (χ0n) is 20.6. The lowest BCUT2D eigenvalue weighted by Gasteiger charge is -2.44. The molecule has 4 aromatic rings. The van der Waals surface area contributed by atoms with Crippen LogP contribution in [0.25, 0.3) is 27.5 Å². The molecule has 0 N–H and O–H groups in total. The molecule has 0 saturated carbocycles. The van der Waals surface area contributed by atoms with E-state index in [-0.39, 0.29) is 16.2 Å². The number of benzene rings is 2. The summed E-state index contributed by atoms with van der Waals surface area (Å²) in [6.07, 6.45) is 4.67. The molecule has 0 amide bonds. The standard InChI is InChI=1S/C29H32N2O2/c1-27(2)19-13-21-23(14-20(19)28(3,4)29(27,5)6)31-22-10-8-7-9-16(22)17-11-24-25(33-15-32-24)12-18(17)26(31)30-21/h11-14H,7-10,15H2,1-6H3. The van der Waals surface area contributed by atoms with Gasteiger partial charge >= 0.3 is 0 Å². The fourth-order valence-corrected chi connectivity index (χ4v) is 6.87. The fourth-order valence-electron chi connectivity index (χ4n) is 6.87. The van der Waals surface area contributed by atoms with Crippen LogP contribution in [0.4, 0.5) is 0 Å². The van der Waals surface area contributed by atoms with E-state index in [2.05, 4.69) is 70.2 Å². The van der Waals surface area contributed by atoms with Gasteiger partial charge in [-0.1, -0.05) is 41.5 Å². The van der Waals surface area contributed by atoms with Crippen molar-refractivity contribution >= 4 is 27.5 Å². The van der Waals surface area contributed by atoms with Crippen molar-refractivity contribution in [2.24, 2.45) is 5.41 Å². The van der Waals surface area contributed by atoms with Crippen LogP contribution in [0.15, 0.2) is 24.3 Å². The van der Waals surface area contributed by atoms with Gasteiger partial charge in [0, 0.05) is 11.1 Å². The van der Waals surface area contributed by atoms with Crippen molar-refractivity contribution in [2.75, 3.05) is 6.79 Å². The second-order valence-corrected chi connectivity index (χ2v) is 11.9. The number of hydrogen-bond acceptors (Lipinski definition) is 3. The van der Waals surface area contributed by atoms with E-state index in [0.717, 1.165) is 35.5 Å². The molecule has 0 unspecified atom stereocenters. The maximum atomic E-state index is 5.76. The molecule has 0 fully saturated rings. The molecule has 7 rings (SSSR count). The van der Waals surface area contributed by atoms with Crippen LogP contribution in [0.3, 0.4) is 0 Å². The molecule has 4 heteroatoms. The van der Waals surface area contributed by atoms with Crippen LogP contribution < -0.4 is 9.47 Å². The first kappa shape index (κ1) is 19.7. The minimum absolute atomic E-state index is 0.0727. The number of nitrogens with zero attached hydrogens (tertiary/aromatic N) is 2. The molecule has 2 aromatic heterocycles. The van der Waals surface area contributed by atoms with Gasteiger partial charge in [0.2, 0.25) is 6.79 Å². The Bertz CT molecular complexity index is 1520. The summed E-state index contributed by atoms with van der Waals surface area (Å²) in [7, 11) is 0. The van der Waals surface area contributed by atoms with Crippen LogP contribution in [-0.2, 0) is 23.7 Å². The smallest absolute Gasteiger partial charge is 0.231 e. The zero-order chi connectivity index (χ0) is 22.9. The van der Waals surface area contributed by atoms with Gasteiger partial charge in [-0.05, 0) is 88.3 Å². The van der Waals surface area contributed by atoms with E-state index < -0.39 is 0 Å². The molecule has 1 aliphatic heterocycles. The number of ether oxygens (including phenoxy) is 2. The summed E-state index contributed by atoms with van der Waals surface area (Å²) < 4.78 is 14.0. The first-order valence-corrected chi connectivity index (χ1v) is 12.4. The van der Waals surface area contributed by atoms with Gasteiger partial charge in [0.05, 0.1) is 11.0 Å². The van der Waals surface area contributed by atoms with Gasteiger partial charge in [-0.25, -0.2) is 4.98 Å². The lowest BCUT2D eigenvalue weighted by atomic mass is 9.59. The topological polar surface area (TPSA) is 35.8 Å². The Hall–Kier alpha value is -2.75. The quantitative estimate of drug-likeness (QED) is 0.300. The van der Waals surface area contributed by atoms with E-state index in [1.54, 1.807) is 0 Å². The van der Waals surface area contributed by atoms with Gasteiger partial charge in [0.25, 0.3) is 0 Å². The van der Waals surface area contributed by atoms with E-state index in [9.17, 15) is 0 Å². The van der Waals surface area contributed by atoms with Gasteiger partial charge in [0.15, 0.2) is 11.5 Å². The van der Waals surface area contributed by atoms with Crippen molar-refractivity contribution in [3.05, 3.63) is 46.6 Å². The molecule has 0 spiro atoms. The van der Waals surface area contributed by atoms with Gasteiger partial charge in [-0.15, -0.1) is 0 Å².